The Bertz CT molecular complexity index is 620. The van der Waals surface area contributed by atoms with Crippen molar-refractivity contribution in [3.8, 4) is 0 Å². The molecule has 3 rings (SSSR count). The van der Waals surface area contributed by atoms with E-state index in [-0.39, 0.29) is 12.5 Å². The Morgan fingerprint density at radius 1 is 1.21 bits per heavy atom. The second kappa shape index (κ2) is 7.69. The number of hydrogen-bond donors (Lipinski definition) is 2. The van der Waals surface area contributed by atoms with Gasteiger partial charge in [-0.2, -0.15) is 0 Å². The van der Waals surface area contributed by atoms with Crippen molar-refractivity contribution in [3.05, 3.63) is 29.3 Å². The van der Waals surface area contributed by atoms with Gasteiger partial charge >= 0.3 is 0 Å². The number of fused-ring (bicyclic) bond motifs is 1. The molecule has 1 fully saturated rings. The maximum absolute atomic E-state index is 12.3. The number of carbonyl (C=O) groups excluding carboxylic acids is 1. The van der Waals surface area contributed by atoms with Crippen molar-refractivity contribution in [1.29, 1.82) is 0 Å². The Morgan fingerprint density at radius 3 is 2.75 bits per heavy atom. The number of anilines is 1. The van der Waals surface area contributed by atoms with Crippen LogP contribution in [0.4, 0.5) is 5.69 Å². The number of nitrogens with one attached hydrogen (secondary N) is 1. The second-order valence-corrected chi connectivity index (χ2v) is 6.96. The minimum atomic E-state index is 0.0422. The number of aryl methyl sites for hydroxylation is 2. The Labute approximate surface area is 144 Å². The van der Waals surface area contributed by atoms with E-state index in [1.165, 1.54) is 43.2 Å². The van der Waals surface area contributed by atoms with Crippen molar-refractivity contribution in [2.45, 2.75) is 57.4 Å². The highest BCUT2D eigenvalue weighted by Gasteiger charge is 2.21. The van der Waals surface area contributed by atoms with Crippen LogP contribution in [0.5, 0.6) is 0 Å². The first kappa shape index (κ1) is 16.8. The standard InChI is InChI=1S/C19H28N4O/c1-23(17-8-3-2-4-9-17)18(24)13-21-19(20)22-16-11-10-14-6-5-7-15(14)12-16/h10-12,17H,2-9,13H2,1H3,(H3,20,21,22). The maximum Gasteiger partial charge on any atom is 0.244 e. The van der Waals surface area contributed by atoms with Crippen molar-refractivity contribution < 1.29 is 4.79 Å². The van der Waals surface area contributed by atoms with Crippen LogP contribution >= 0.6 is 0 Å². The van der Waals surface area contributed by atoms with Gasteiger partial charge in [-0.25, -0.2) is 4.99 Å². The first-order valence-electron chi connectivity index (χ1n) is 9.08. The van der Waals surface area contributed by atoms with Crippen LogP contribution in [0.15, 0.2) is 23.2 Å². The number of carbonyl (C=O) groups is 1. The predicted molar refractivity (Wildman–Crippen MR) is 98.2 cm³/mol. The Kier molecular flexibility index (Phi) is 5.38. The first-order chi connectivity index (χ1) is 11.6. The molecule has 130 valence electrons. The molecule has 2 aliphatic carbocycles. The van der Waals surface area contributed by atoms with Crippen LogP contribution in [0.1, 0.15) is 49.7 Å². The van der Waals surface area contributed by atoms with E-state index in [9.17, 15) is 4.79 Å². The van der Waals surface area contributed by atoms with Gasteiger partial charge in [-0.3, -0.25) is 4.79 Å². The summed E-state index contributed by atoms with van der Waals surface area (Å²) in [6, 6.07) is 6.69. The molecule has 5 nitrogen and oxygen atoms in total. The largest absolute Gasteiger partial charge is 0.370 e. The van der Waals surface area contributed by atoms with Crippen molar-refractivity contribution in [1.82, 2.24) is 4.90 Å². The van der Waals surface area contributed by atoms with Gasteiger partial charge in [0.25, 0.3) is 0 Å². The number of rotatable bonds is 4. The van der Waals surface area contributed by atoms with E-state index in [2.05, 4.69) is 22.4 Å². The van der Waals surface area contributed by atoms with Crippen LogP contribution in [0.25, 0.3) is 0 Å². The fraction of sp³-hybridized carbons (Fsp3) is 0.579. The molecule has 1 aromatic carbocycles. The summed E-state index contributed by atoms with van der Waals surface area (Å²) in [5, 5.41) is 3.10. The second-order valence-electron chi connectivity index (χ2n) is 6.96. The Hall–Kier alpha value is -2.04. The molecule has 0 heterocycles. The van der Waals surface area contributed by atoms with Crippen molar-refractivity contribution >= 4 is 17.6 Å². The summed E-state index contributed by atoms with van der Waals surface area (Å²) >= 11 is 0. The van der Waals surface area contributed by atoms with E-state index in [0.29, 0.717) is 12.0 Å². The van der Waals surface area contributed by atoms with Crippen molar-refractivity contribution in [2.24, 2.45) is 10.7 Å². The van der Waals surface area contributed by atoms with Crippen LogP contribution in [-0.4, -0.2) is 36.4 Å². The van der Waals surface area contributed by atoms with Gasteiger partial charge in [-0.05, 0) is 55.4 Å². The number of amides is 1. The third kappa shape index (κ3) is 4.08. The molecule has 0 aliphatic heterocycles. The smallest absolute Gasteiger partial charge is 0.244 e. The first-order valence-corrected chi connectivity index (χ1v) is 9.08. The highest BCUT2D eigenvalue weighted by molar-refractivity contribution is 5.94. The molecule has 0 radical (unpaired) electrons. The van der Waals surface area contributed by atoms with E-state index in [1.807, 2.05) is 18.0 Å². The van der Waals surface area contributed by atoms with Crippen LogP contribution in [-0.2, 0) is 17.6 Å². The normalized spacial score (nSPS) is 18.3. The van der Waals surface area contributed by atoms with E-state index in [0.717, 1.165) is 24.9 Å². The SMILES string of the molecule is CN(C(=O)CN=C(N)Nc1ccc2c(c1)CCC2)C1CCCCC1. The van der Waals surface area contributed by atoms with Gasteiger partial charge in [0, 0.05) is 18.8 Å². The van der Waals surface area contributed by atoms with Gasteiger partial charge in [-0.1, -0.05) is 25.3 Å². The fourth-order valence-electron chi connectivity index (χ4n) is 3.77. The molecule has 0 saturated heterocycles. The summed E-state index contributed by atoms with van der Waals surface area (Å²) in [5.41, 5.74) is 9.72. The lowest BCUT2D eigenvalue weighted by atomic mass is 9.94. The molecule has 3 N–H and O–H groups in total. The topological polar surface area (TPSA) is 70.7 Å². The molecule has 1 saturated carbocycles. The lowest BCUT2D eigenvalue weighted by Gasteiger charge is -2.30. The number of hydrogen-bond acceptors (Lipinski definition) is 2. The molecule has 0 spiro atoms. The van der Waals surface area contributed by atoms with Gasteiger partial charge in [0.1, 0.15) is 6.54 Å². The summed E-state index contributed by atoms with van der Waals surface area (Å²) in [4.78, 5) is 18.4. The molecule has 0 unspecified atom stereocenters. The minimum Gasteiger partial charge on any atom is -0.370 e. The number of likely N-dealkylation sites (N-methyl/N-ethyl adjacent to an activating group) is 1. The Morgan fingerprint density at radius 2 is 1.96 bits per heavy atom. The minimum absolute atomic E-state index is 0.0422. The van der Waals surface area contributed by atoms with Gasteiger partial charge in [-0.15, -0.1) is 0 Å². The zero-order valence-electron chi connectivity index (χ0n) is 14.6. The van der Waals surface area contributed by atoms with E-state index in [4.69, 9.17) is 5.73 Å². The highest BCUT2D eigenvalue weighted by atomic mass is 16.2. The average Bonchev–Trinajstić information content (AvgIpc) is 3.07. The fourth-order valence-corrected chi connectivity index (χ4v) is 3.77. The molecular weight excluding hydrogens is 300 g/mol. The maximum atomic E-state index is 12.3. The molecule has 24 heavy (non-hydrogen) atoms. The van der Waals surface area contributed by atoms with Crippen LogP contribution in [0, 0.1) is 0 Å². The summed E-state index contributed by atoms with van der Waals surface area (Å²) in [6.45, 7) is 0.108. The zero-order valence-corrected chi connectivity index (χ0v) is 14.6. The third-order valence-corrected chi connectivity index (χ3v) is 5.27. The number of benzene rings is 1. The summed E-state index contributed by atoms with van der Waals surface area (Å²) in [5.74, 6) is 0.346. The average molecular weight is 328 g/mol. The number of nitrogens with two attached hydrogens (primary N) is 1. The summed E-state index contributed by atoms with van der Waals surface area (Å²) in [6.07, 6.45) is 9.46. The lowest BCUT2D eigenvalue weighted by Crippen LogP contribution is -2.40. The van der Waals surface area contributed by atoms with Gasteiger partial charge in [0.15, 0.2) is 5.96 Å². The molecule has 1 amide bonds. The van der Waals surface area contributed by atoms with E-state index in [1.54, 1.807) is 0 Å². The van der Waals surface area contributed by atoms with Crippen LogP contribution in [0.2, 0.25) is 0 Å². The molecular formula is C19H28N4O. The molecule has 5 heteroatoms. The monoisotopic (exact) mass is 328 g/mol. The zero-order chi connectivity index (χ0) is 16.9. The molecule has 2 aliphatic rings. The van der Waals surface area contributed by atoms with Crippen LogP contribution < -0.4 is 11.1 Å². The van der Waals surface area contributed by atoms with E-state index >= 15 is 0 Å². The predicted octanol–water partition coefficient (Wildman–Crippen LogP) is 2.69. The number of guanidine groups is 1. The third-order valence-electron chi connectivity index (χ3n) is 5.27. The number of nitrogens with zero attached hydrogens (tertiary/aromatic N) is 2. The van der Waals surface area contributed by atoms with Gasteiger partial charge < -0.3 is 16.0 Å². The Balaban J connectivity index is 1.52. The molecule has 0 bridgehead atoms. The van der Waals surface area contributed by atoms with Gasteiger partial charge in [0.05, 0.1) is 0 Å². The summed E-state index contributed by atoms with van der Waals surface area (Å²) in [7, 11) is 1.89. The molecule has 1 aromatic rings. The lowest BCUT2D eigenvalue weighted by molar-refractivity contribution is -0.130. The highest BCUT2D eigenvalue weighted by Crippen LogP contribution is 2.25. The van der Waals surface area contributed by atoms with Gasteiger partial charge in [0.2, 0.25) is 5.91 Å². The van der Waals surface area contributed by atoms with Crippen molar-refractivity contribution in [3.63, 3.8) is 0 Å². The quantitative estimate of drug-likeness (QED) is 0.659. The number of aliphatic imine (C=N–C) groups is 1. The summed E-state index contributed by atoms with van der Waals surface area (Å²) < 4.78 is 0. The van der Waals surface area contributed by atoms with Crippen molar-refractivity contribution in [2.75, 3.05) is 18.9 Å². The van der Waals surface area contributed by atoms with Crippen LogP contribution in [0.3, 0.4) is 0 Å². The molecule has 0 aromatic heterocycles. The van der Waals surface area contributed by atoms with E-state index < -0.39 is 0 Å². The molecule has 0 atom stereocenters.